The van der Waals surface area contributed by atoms with E-state index in [1.165, 1.54) is 0 Å². The van der Waals surface area contributed by atoms with E-state index in [2.05, 4.69) is 30.2 Å². The maximum absolute atomic E-state index is 6.30. The number of aryl methyl sites for hydroxylation is 1. The van der Waals surface area contributed by atoms with Crippen LogP contribution >= 0.6 is 0 Å². The van der Waals surface area contributed by atoms with Gasteiger partial charge in [-0.15, -0.1) is 6.42 Å². The average Bonchev–Trinajstić information content (AvgIpc) is 3.28. The molecule has 2 heterocycles. The lowest BCUT2D eigenvalue weighted by atomic mass is 10.0. The SMILES string of the molecule is C#C/C(c1cccc2c1oc1ccccc12)=c1/oc2c(C)cccc2/c1=C/C. The van der Waals surface area contributed by atoms with Gasteiger partial charge >= 0.3 is 0 Å². The molecule has 2 aromatic heterocycles. The first-order valence-electron chi connectivity index (χ1n) is 9.29. The van der Waals surface area contributed by atoms with Crippen LogP contribution in [0.4, 0.5) is 0 Å². The van der Waals surface area contributed by atoms with Crippen molar-refractivity contribution in [3.05, 3.63) is 82.4 Å². The van der Waals surface area contributed by atoms with Gasteiger partial charge in [0.25, 0.3) is 0 Å². The van der Waals surface area contributed by atoms with Crippen molar-refractivity contribution in [1.82, 2.24) is 0 Å². The number of rotatable bonds is 1. The molecule has 0 saturated carbocycles. The third-order valence-corrected chi connectivity index (χ3v) is 5.28. The van der Waals surface area contributed by atoms with Crippen molar-refractivity contribution in [2.75, 3.05) is 0 Å². The molecule has 0 aliphatic rings. The molecular formula is C26H18O2. The van der Waals surface area contributed by atoms with Gasteiger partial charge in [-0.1, -0.05) is 60.5 Å². The molecule has 0 aliphatic heterocycles. The first kappa shape index (κ1) is 16.5. The zero-order valence-electron chi connectivity index (χ0n) is 15.7. The van der Waals surface area contributed by atoms with Gasteiger partial charge in [-0.05, 0) is 31.5 Å². The maximum Gasteiger partial charge on any atom is 0.151 e. The van der Waals surface area contributed by atoms with Crippen LogP contribution in [0.15, 0.2) is 69.5 Å². The second-order valence-corrected chi connectivity index (χ2v) is 6.88. The minimum atomic E-state index is 0.702. The van der Waals surface area contributed by atoms with E-state index in [1.54, 1.807) is 0 Å². The number of hydrogen-bond donors (Lipinski definition) is 0. The second-order valence-electron chi connectivity index (χ2n) is 6.88. The maximum atomic E-state index is 6.30. The highest BCUT2D eigenvalue weighted by Gasteiger charge is 2.15. The summed E-state index contributed by atoms with van der Waals surface area (Å²) in [6, 6.07) is 20.3. The van der Waals surface area contributed by atoms with Crippen LogP contribution < -0.4 is 10.6 Å². The largest absolute Gasteiger partial charge is 0.455 e. The molecule has 3 aromatic carbocycles. The monoisotopic (exact) mass is 362 g/mol. The van der Waals surface area contributed by atoms with Gasteiger partial charge in [0.05, 0.1) is 5.57 Å². The van der Waals surface area contributed by atoms with Crippen molar-refractivity contribution < 1.29 is 8.83 Å². The minimum absolute atomic E-state index is 0.702. The summed E-state index contributed by atoms with van der Waals surface area (Å²) in [6.45, 7) is 4.05. The predicted octanol–water partition coefficient (Wildman–Crippen LogP) is 5.27. The molecule has 5 rings (SSSR count). The highest BCUT2D eigenvalue weighted by Crippen LogP contribution is 2.32. The molecule has 0 bridgehead atoms. The van der Waals surface area contributed by atoms with Crippen LogP contribution in [0.3, 0.4) is 0 Å². The highest BCUT2D eigenvalue weighted by atomic mass is 16.3. The van der Waals surface area contributed by atoms with Crippen molar-refractivity contribution in [3.63, 3.8) is 0 Å². The van der Waals surface area contributed by atoms with Crippen molar-refractivity contribution in [2.24, 2.45) is 0 Å². The molecule has 0 unspecified atom stereocenters. The van der Waals surface area contributed by atoms with E-state index in [4.69, 9.17) is 15.3 Å². The lowest BCUT2D eigenvalue weighted by Crippen LogP contribution is -2.23. The highest BCUT2D eigenvalue weighted by molar-refractivity contribution is 6.09. The molecule has 0 radical (unpaired) electrons. The Morgan fingerprint density at radius 1 is 0.857 bits per heavy atom. The van der Waals surface area contributed by atoms with Gasteiger partial charge in [0.15, 0.2) is 5.42 Å². The number of para-hydroxylation sites is 3. The standard InChI is InChI=1S/C26H18O2/c1-4-17-20-12-8-10-16(3)24(20)28-25(17)18(5-2)21-13-9-14-22-19-11-6-7-15-23(19)27-26(21)22/h2,4,6-15H,1,3H3/b17-4-,25-18-. The second kappa shape index (κ2) is 6.18. The predicted molar refractivity (Wildman–Crippen MR) is 115 cm³/mol. The Labute approximate surface area is 162 Å². The first-order valence-corrected chi connectivity index (χ1v) is 9.29. The van der Waals surface area contributed by atoms with Crippen molar-refractivity contribution >= 4 is 44.6 Å². The Bertz CT molecular complexity index is 1540. The van der Waals surface area contributed by atoms with Crippen molar-refractivity contribution in [1.29, 1.82) is 0 Å². The lowest BCUT2D eigenvalue weighted by molar-refractivity contribution is 0.571. The number of terminal acetylenes is 1. The van der Waals surface area contributed by atoms with E-state index in [9.17, 15) is 0 Å². The summed E-state index contributed by atoms with van der Waals surface area (Å²) in [7, 11) is 0. The van der Waals surface area contributed by atoms with E-state index in [-0.39, 0.29) is 0 Å². The van der Waals surface area contributed by atoms with Crippen LogP contribution in [0.2, 0.25) is 0 Å². The first-order chi connectivity index (χ1) is 13.7. The lowest BCUT2D eigenvalue weighted by Gasteiger charge is -2.00. The van der Waals surface area contributed by atoms with E-state index >= 15 is 0 Å². The molecule has 0 spiro atoms. The normalized spacial score (nSPS) is 13.4. The Balaban J connectivity index is 1.98. The molecule has 28 heavy (non-hydrogen) atoms. The third-order valence-electron chi connectivity index (χ3n) is 5.28. The summed E-state index contributed by atoms with van der Waals surface area (Å²) in [5, 5.41) is 4.22. The van der Waals surface area contributed by atoms with Crippen LogP contribution in [0.5, 0.6) is 0 Å². The molecule has 0 N–H and O–H groups in total. The fraction of sp³-hybridized carbons (Fsp3) is 0.0769. The molecule has 0 atom stereocenters. The molecule has 2 nitrogen and oxygen atoms in total. The number of fused-ring (bicyclic) bond motifs is 4. The fourth-order valence-electron chi connectivity index (χ4n) is 3.96. The number of hydrogen-bond acceptors (Lipinski definition) is 2. The van der Waals surface area contributed by atoms with E-state index < -0.39 is 0 Å². The number of furan rings is 2. The average molecular weight is 362 g/mol. The quantitative estimate of drug-likeness (QED) is 0.380. The van der Waals surface area contributed by atoms with E-state index in [0.717, 1.165) is 49.3 Å². The van der Waals surface area contributed by atoms with Gasteiger partial charge in [-0.2, -0.15) is 0 Å². The Morgan fingerprint density at radius 3 is 2.43 bits per heavy atom. The van der Waals surface area contributed by atoms with Gasteiger partial charge in [0.1, 0.15) is 16.7 Å². The summed E-state index contributed by atoms with van der Waals surface area (Å²) in [5.74, 6) is 2.87. The summed E-state index contributed by atoms with van der Waals surface area (Å²) in [4.78, 5) is 0. The van der Waals surface area contributed by atoms with E-state index in [0.29, 0.717) is 11.0 Å². The molecule has 0 fully saturated rings. The smallest absolute Gasteiger partial charge is 0.151 e. The summed E-state index contributed by atoms with van der Waals surface area (Å²) < 4.78 is 12.5. The van der Waals surface area contributed by atoms with Crippen LogP contribution in [0, 0.1) is 19.3 Å². The van der Waals surface area contributed by atoms with Crippen molar-refractivity contribution in [2.45, 2.75) is 13.8 Å². The summed E-state index contributed by atoms with van der Waals surface area (Å²) in [6.07, 6.45) is 8.06. The van der Waals surface area contributed by atoms with Gasteiger partial charge in [0.2, 0.25) is 0 Å². The molecule has 5 aromatic rings. The Kier molecular flexibility index (Phi) is 3.64. The summed E-state index contributed by atoms with van der Waals surface area (Å²) >= 11 is 0. The zero-order chi connectivity index (χ0) is 19.3. The third kappa shape index (κ3) is 2.23. The minimum Gasteiger partial charge on any atom is -0.455 e. The molecule has 134 valence electrons. The zero-order valence-corrected chi connectivity index (χ0v) is 15.7. The van der Waals surface area contributed by atoms with Crippen LogP contribution in [0.25, 0.3) is 44.6 Å². The Hall–Kier alpha value is -3.70. The Morgan fingerprint density at radius 2 is 1.61 bits per heavy atom. The van der Waals surface area contributed by atoms with Gasteiger partial charge < -0.3 is 8.83 Å². The van der Waals surface area contributed by atoms with Gasteiger partial charge in [-0.3, -0.25) is 0 Å². The van der Waals surface area contributed by atoms with Gasteiger partial charge in [0, 0.05) is 26.9 Å². The summed E-state index contributed by atoms with van der Waals surface area (Å²) in [5.41, 5.74) is 5.88. The molecular weight excluding hydrogens is 344 g/mol. The molecule has 0 amide bonds. The molecule has 0 aliphatic carbocycles. The van der Waals surface area contributed by atoms with Crippen molar-refractivity contribution in [3.8, 4) is 12.3 Å². The number of benzene rings is 3. The van der Waals surface area contributed by atoms with E-state index in [1.807, 2.05) is 56.3 Å². The van der Waals surface area contributed by atoms with Crippen LogP contribution in [-0.4, -0.2) is 0 Å². The van der Waals surface area contributed by atoms with Gasteiger partial charge in [-0.25, -0.2) is 0 Å². The molecule has 0 saturated heterocycles. The van der Waals surface area contributed by atoms with Crippen LogP contribution in [0.1, 0.15) is 18.1 Å². The topological polar surface area (TPSA) is 26.3 Å². The van der Waals surface area contributed by atoms with Crippen LogP contribution in [-0.2, 0) is 0 Å². The molecule has 2 heteroatoms. The fourth-order valence-corrected chi connectivity index (χ4v) is 3.96.